The van der Waals surface area contributed by atoms with Crippen LogP contribution in [0.1, 0.15) is 32.8 Å². The molecule has 80 valence electrons. The van der Waals surface area contributed by atoms with Crippen LogP contribution in [0.15, 0.2) is 30.3 Å². The number of hydrogen-bond acceptors (Lipinski definition) is 1. The van der Waals surface area contributed by atoms with E-state index in [-0.39, 0.29) is 0 Å². The molecule has 0 aliphatic heterocycles. The number of aryl methyl sites for hydroxylation is 1. The smallest absolute Gasteiger partial charge is 0.0618 e. The summed E-state index contributed by atoms with van der Waals surface area (Å²) in [6.07, 6.45) is 6.36. The minimum absolute atomic E-state index is 0.625. The molecule has 1 aromatic carbocycles. The van der Waals surface area contributed by atoms with Crippen LogP contribution in [0.4, 0.5) is 0 Å². The van der Waals surface area contributed by atoms with Crippen molar-refractivity contribution in [2.24, 2.45) is 0 Å². The summed E-state index contributed by atoms with van der Waals surface area (Å²) in [6.45, 7) is 5.63. The van der Waals surface area contributed by atoms with Gasteiger partial charge in [-0.05, 0) is 18.9 Å². The lowest BCUT2D eigenvalue weighted by Crippen LogP contribution is -1.73. The van der Waals surface area contributed by atoms with Gasteiger partial charge in [-0.15, -0.1) is 12.3 Å². The van der Waals surface area contributed by atoms with E-state index in [2.05, 4.69) is 43.5 Å². The van der Waals surface area contributed by atoms with Gasteiger partial charge in [-0.25, -0.2) is 0 Å². The Labute approximate surface area is 93.8 Å². The molecule has 0 saturated carbocycles. The van der Waals surface area contributed by atoms with Gasteiger partial charge in [0, 0.05) is 6.42 Å². The number of nitriles is 1. The second-order valence-electron chi connectivity index (χ2n) is 2.64. The molecule has 0 radical (unpaired) electrons. The molecular weight excluding hydrogens is 182 g/mol. The Kier molecular flexibility index (Phi) is 15.5. The third-order valence-electron chi connectivity index (χ3n) is 1.41. The number of hydrogen-bond donors (Lipinski definition) is 0. The van der Waals surface area contributed by atoms with Crippen molar-refractivity contribution in [3.8, 4) is 18.4 Å². The molecule has 0 heterocycles. The van der Waals surface area contributed by atoms with Crippen LogP contribution in [0.5, 0.6) is 0 Å². The van der Waals surface area contributed by atoms with Gasteiger partial charge in [-0.3, -0.25) is 0 Å². The van der Waals surface area contributed by atoms with Gasteiger partial charge in [0.1, 0.15) is 0 Å². The Morgan fingerprint density at radius 3 is 1.80 bits per heavy atom. The maximum absolute atomic E-state index is 7.62. The van der Waals surface area contributed by atoms with Gasteiger partial charge in [0.25, 0.3) is 0 Å². The fraction of sp³-hybridized carbons (Fsp3) is 0.357. The molecule has 0 bridgehead atoms. The van der Waals surface area contributed by atoms with Crippen LogP contribution in [-0.4, -0.2) is 0 Å². The Morgan fingerprint density at radius 2 is 1.60 bits per heavy atom. The summed E-state index contributed by atoms with van der Waals surface area (Å²) in [5.74, 6) is 2.25. The molecule has 0 fully saturated rings. The topological polar surface area (TPSA) is 23.8 Å². The summed E-state index contributed by atoms with van der Waals surface area (Å²) in [7, 11) is 0. The first-order valence-electron chi connectivity index (χ1n) is 5.04. The van der Waals surface area contributed by atoms with Crippen molar-refractivity contribution >= 4 is 0 Å². The van der Waals surface area contributed by atoms with Crippen molar-refractivity contribution in [2.45, 2.75) is 33.6 Å². The maximum Gasteiger partial charge on any atom is 0.0618 e. The predicted octanol–water partition coefficient (Wildman–Crippen LogP) is 3.81. The van der Waals surface area contributed by atoms with Crippen molar-refractivity contribution in [3.05, 3.63) is 35.9 Å². The zero-order valence-corrected chi connectivity index (χ0v) is 9.83. The SMILES string of the molecule is C#CC.CCC#N.CCc1ccccc1. The highest BCUT2D eigenvalue weighted by molar-refractivity contribution is 5.13. The molecule has 0 unspecified atom stereocenters. The van der Waals surface area contributed by atoms with Gasteiger partial charge < -0.3 is 0 Å². The van der Waals surface area contributed by atoms with E-state index in [0.29, 0.717) is 6.42 Å². The standard InChI is InChI=1S/C8H10.C3H5N.C3H4/c1-2-8-6-4-3-5-7-8;1-2-3-4;1-3-2/h3-7H,2H2,1H3;2H2,1H3;1H,2H3. The van der Waals surface area contributed by atoms with Crippen LogP contribution in [-0.2, 0) is 6.42 Å². The molecule has 0 saturated heterocycles. The maximum atomic E-state index is 7.62. The first-order valence-corrected chi connectivity index (χ1v) is 5.04. The lowest BCUT2D eigenvalue weighted by atomic mass is 10.2. The first kappa shape index (κ1) is 15.7. The zero-order valence-electron chi connectivity index (χ0n) is 9.83. The van der Waals surface area contributed by atoms with E-state index in [0.717, 1.165) is 6.42 Å². The minimum Gasteiger partial charge on any atom is -0.198 e. The summed E-state index contributed by atoms with van der Waals surface area (Å²) in [4.78, 5) is 0. The second-order valence-corrected chi connectivity index (χ2v) is 2.64. The fourth-order valence-electron chi connectivity index (χ4n) is 0.714. The van der Waals surface area contributed by atoms with Gasteiger partial charge in [0.15, 0.2) is 0 Å². The third-order valence-corrected chi connectivity index (χ3v) is 1.41. The van der Waals surface area contributed by atoms with E-state index in [1.165, 1.54) is 5.56 Å². The van der Waals surface area contributed by atoms with Crippen LogP contribution in [0.3, 0.4) is 0 Å². The van der Waals surface area contributed by atoms with Crippen molar-refractivity contribution in [1.29, 1.82) is 5.26 Å². The van der Waals surface area contributed by atoms with Gasteiger partial charge in [-0.1, -0.05) is 44.2 Å². The molecular formula is C14H19N. The molecule has 0 aromatic heterocycles. The average Bonchev–Trinajstić information content (AvgIpc) is 2.31. The number of rotatable bonds is 1. The van der Waals surface area contributed by atoms with E-state index in [1.807, 2.05) is 19.1 Å². The minimum atomic E-state index is 0.625. The summed E-state index contributed by atoms with van der Waals surface area (Å²) in [6, 6.07) is 12.4. The van der Waals surface area contributed by atoms with Crippen LogP contribution >= 0.6 is 0 Å². The largest absolute Gasteiger partial charge is 0.198 e. The molecule has 0 amide bonds. The third kappa shape index (κ3) is 15.1. The Hall–Kier alpha value is -1.73. The van der Waals surface area contributed by atoms with Crippen molar-refractivity contribution in [3.63, 3.8) is 0 Å². The molecule has 1 aromatic rings. The molecule has 0 spiro atoms. The van der Waals surface area contributed by atoms with Crippen LogP contribution in [0, 0.1) is 23.7 Å². The molecule has 0 atom stereocenters. The van der Waals surface area contributed by atoms with Gasteiger partial charge in [0.2, 0.25) is 0 Å². The average molecular weight is 201 g/mol. The highest BCUT2D eigenvalue weighted by Crippen LogP contribution is 1.96. The highest BCUT2D eigenvalue weighted by Gasteiger charge is 1.79. The monoisotopic (exact) mass is 201 g/mol. The lowest BCUT2D eigenvalue weighted by molar-refractivity contribution is 1.14. The van der Waals surface area contributed by atoms with E-state index in [4.69, 9.17) is 5.26 Å². The predicted molar refractivity (Wildman–Crippen MR) is 66.2 cm³/mol. The van der Waals surface area contributed by atoms with E-state index >= 15 is 0 Å². The highest BCUT2D eigenvalue weighted by atomic mass is 14.2. The normalized spacial score (nSPS) is 6.73. The van der Waals surface area contributed by atoms with Crippen molar-refractivity contribution in [1.82, 2.24) is 0 Å². The van der Waals surface area contributed by atoms with E-state index in [9.17, 15) is 0 Å². The molecule has 0 N–H and O–H groups in total. The fourth-order valence-corrected chi connectivity index (χ4v) is 0.714. The number of nitrogens with zero attached hydrogens (tertiary/aromatic N) is 1. The van der Waals surface area contributed by atoms with Crippen molar-refractivity contribution < 1.29 is 0 Å². The molecule has 1 rings (SSSR count). The first-order chi connectivity index (χ1) is 7.26. The van der Waals surface area contributed by atoms with E-state index in [1.54, 1.807) is 6.92 Å². The molecule has 0 aliphatic carbocycles. The van der Waals surface area contributed by atoms with E-state index < -0.39 is 0 Å². The van der Waals surface area contributed by atoms with Crippen molar-refractivity contribution in [2.75, 3.05) is 0 Å². The second kappa shape index (κ2) is 14.8. The number of terminal acetylenes is 1. The Balaban J connectivity index is 0. The summed E-state index contributed by atoms with van der Waals surface area (Å²) < 4.78 is 0. The number of benzene rings is 1. The molecule has 1 heteroatoms. The van der Waals surface area contributed by atoms with Gasteiger partial charge >= 0.3 is 0 Å². The van der Waals surface area contributed by atoms with Crippen LogP contribution in [0.25, 0.3) is 0 Å². The van der Waals surface area contributed by atoms with Gasteiger partial charge in [-0.2, -0.15) is 5.26 Å². The van der Waals surface area contributed by atoms with Crippen LogP contribution < -0.4 is 0 Å². The summed E-state index contributed by atoms with van der Waals surface area (Å²) in [5.41, 5.74) is 1.41. The molecule has 15 heavy (non-hydrogen) atoms. The Morgan fingerprint density at radius 1 is 1.20 bits per heavy atom. The Bertz CT molecular complexity index is 287. The zero-order chi connectivity index (χ0) is 11.9. The molecule has 0 aliphatic rings. The van der Waals surface area contributed by atoms with Gasteiger partial charge in [0.05, 0.1) is 6.07 Å². The lowest BCUT2D eigenvalue weighted by Gasteiger charge is -1.89. The molecule has 1 nitrogen and oxygen atoms in total. The summed E-state index contributed by atoms with van der Waals surface area (Å²) >= 11 is 0. The quantitative estimate of drug-likeness (QED) is 0.634. The van der Waals surface area contributed by atoms with Crippen LogP contribution in [0.2, 0.25) is 0 Å². The summed E-state index contributed by atoms with van der Waals surface area (Å²) in [5, 5.41) is 7.62.